The first-order valence-corrected chi connectivity index (χ1v) is 12.7. The van der Waals surface area contributed by atoms with E-state index in [9.17, 15) is 32.7 Å². The van der Waals surface area contributed by atoms with Crippen LogP contribution in [0.5, 0.6) is 0 Å². The molecule has 3 rings (SSSR count). The number of carboxylic acids is 1. The summed E-state index contributed by atoms with van der Waals surface area (Å²) in [5, 5.41) is 13.0. The Morgan fingerprint density at radius 3 is 2.23 bits per heavy atom. The highest BCUT2D eigenvalue weighted by Crippen LogP contribution is 2.45. The minimum atomic E-state index is -5.11. The average Bonchev–Trinajstić information content (AvgIpc) is 3.22. The molecular formula is C25H28Cl2F4N4O4. The molecule has 14 heteroatoms. The molecule has 2 heterocycles. The highest BCUT2D eigenvalue weighted by atomic mass is 35.5. The molecule has 214 valence electrons. The number of carbonyl (C=O) groups excluding carboxylic acids is 2. The quantitative estimate of drug-likeness (QED) is 0.305. The largest absolute Gasteiger partial charge is 0.481 e. The van der Waals surface area contributed by atoms with Crippen LogP contribution in [-0.2, 0) is 11.0 Å². The first-order valence-electron chi connectivity index (χ1n) is 12.0. The molecule has 0 radical (unpaired) electrons. The average molecular weight is 595 g/mol. The summed E-state index contributed by atoms with van der Waals surface area (Å²) in [5.74, 6) is -3.09. The number of aromatic nitrogens is 3. The lowest BCUT2D eigenvalue weighted by atomic mass is 9.73. The fourth-order valence-electron chi connectivity index (χ4n) is 4.71. The van der Waals surface area contributed by atoms with E-state index in [0.717, 1.165) is 4.90 Å². The Bertz CT molecular complexity index is 1260. The summed E-state index contributed by atoms with van der Waals surface area (Å²) in [6, 6.07) is -1.43. The first kappa shape index (κ1) is 30.8. The number of rotatable bonds is 7. The van der Waals surface area contributed by atoms with Crippen LogP contribution < -0.4 is 0 Å². The Morgan fingerprint density at radius 1 is 1.15 bits per heavy atom. The normalized spacial score (nSPS) is 22.0. The number of hydrogen-bond donors (Lipinski definition) is 1. The minimum Gasteiger partial charge on any atom is -0.481 e. The number of pyridine rings is 1. The van der Waals surface area contributed by atoms with E-state index in [0.29, 0.717) is 10.9 Å². The highest BCUT2D eigenvalue weighted by Gasteiger charge is 2.48. The maximum Gasteiger partial charge on any atom is 0.433 e. The van der Waals surface area contributed by atoms with Gasteiger partial charge in [0, 0.05) is 18.9 Å². The third-order valence-corrected chi connectivity index (χ3v) is 7.17. The maximum absolute atomic E-state index is 15.1. The summed E-state index contributed by atoms with van der Waals surface area (Å²) in [6.45, 7) is 5.76. The molecule has 1 aliphatic rings. The van der Waals surface area contributed by atoms with Crippen molar-refractivity contribution in [2.45, 2.75) is 65.3 Å². The van der Waals surface area contributed by atoms with Crippen molar-refractivity contribution in [2.75, 3.05) is 13.1 Å². The third kappa shape index (κ3) is 6.71. The van der Waals surface area contributed by atoms with Gasteiger partial charge in [0.25, 0.3) is 5.91 Å². The van der Waals surface area contributed by atoms with Crippen molar-refractivity contribution in [3.63, 3.8) is 0 Å². The van der Waals surface area contributed by atoms with Crippen molar-refractivity contribution in [1.82, 2.24) is 19.7 Å². The monoisotopic (exact) mass is 594 g/mol. The van der Waals surface area contributed by atoms with Gasteiger partial charge in [0.15, 0.2) is 11.5 Å². The van der Waals surface area contributed by atoms with Crippen LogP contribution in [0.3, 0.4) is 0 Å². The van der Waals surface area contributed by atoms with Gasteiger partial charge < -0.3 is 10.0 Å². The predicted molar refractivity (Wildman–Crippen MR) is 135 cm³/mol. The lowest BCUT2D eigenvalue weighted by Crippen LogP contribution is -2.42. The number of alkyl halides is 4. The summed E-state index contributed by atoms with van der Waals surface area (Å²) >= 11 is 12.1. The maximum atomic E-state index is 15.1. The van der Waals surface area contributed by atoms with Gasteiger partial charge >= 0.3 is 12.1 Å². The fraction of sp³-hybridized carbons (Fsp3) is 0.560. The molecule has 0 unspecified atom stereocenters. The second kappa shape index (κ2) is 11.0. The number of carbonyl (C=O) groups is 3. The van der Waals surface area contributed by atoms with Crippen molar-refractivity contribution in [2.24, 2.45) is 10.8 Å². The topological polar surface area (TPSA) is 105 Å². The molecule has 1 aliphatic carbocycles. The van der Waals surface area contributed by atoms with Crippen LogP contribution in [0.25, 0.3) is 0 Å². The van der Waals surface area contributed by atoms with Gasteiger partial charge in [0.1, 0.15) is 6.17 Å². The SMILES string of the molecule is CC(C)(C)CN(CC(=O)c1c(Cl)cncc1Cl)C(=O)c1cnn([C@H]2CC[C@](C)(C(=O)O)C[C@H]2F)c1C(F)(F)F. The molecule has 1 amide bonds. The van der Waals surface area contributed by atoms with E-state index in [1.54, 1.807) is 20.8 Å². The minimum absolute atomic E-state index is 0.0774. The Balaban J connectivity index is 2.02. The van der Waals surface area contributed by atoms with Gasteiger partial charge in [-0.2, -0.15) is 18.3 Å². The molecular weight excluding hydrogens is 567 g/mol. The summed E-state index contributed by atoms with van der Waals surface area (Å²) in [6.07, 6.45) is -4.82. The summed E-state index contributed by atoms with van der Waals surface area (Å²) in [5.41, 5.74) is -4.52. The van der Waals surface area contributed by atoms with Crippen LogP contribution in [0.4, 0.5) is 17.6 Å². The van der Waals surface area contributed by atoms with Crippen molar-refractivity contribution < 1.29 is 37.1 Å². The van der Waals surface area contributed by atoms with E-state index in [1.807, 2.05) is 0 Å². The molecule has 0 spiro atoms. The Hall–Kier alpha value is -2.73. The second-order valence-electron chi connectivity index (χ2n) is 11.2. The van der Waals surface area contributed by atoms with Crippen molar-refractivity contribution in [1.29, 1.82) is 0 Å². The van der Waals surface area contributed by atoms with Gasteiger partial charge in [-0.05, 0) is 31.6 Å². The number of hydrogen-bond acceptors (Lipinski definition) is 5. The van der Waals surface area contributed by atoms with Gasteiger partial charge in [-0.25, -0.2) is 4.39 Å². The smallest absolute Gasteiger partial charge is 0.433 e. The number of nitrogens with zero attached hydrogens (tertiary/aromatic N) is 4. The van der Waals surface area contributed by atoms with Gasteiger partial charge in [0.05, 0.1) is 45.4 Å². The zero-order valence-corrected chi connectivity index (χ0v) is 23.2. The van der Waals surface area contributed by atoms with Crippen LogP contribution >= 0.6 is 23.2 Å². The Kier molecular flexibility index (Phi) is 8.72. The number of Topliss-reactive ketones (excluding diaryl/α,β-unsaturated/α-hetero) is 1. The first-order chi connectivity index (χ1) is 17.9. The van der Waals surface area contributed by atoms with E-state index in [-0.39, 0.29) is 35.0 Å². The Labute approximate surface area is 232 Å². The molecule has 1 N–H and O–H groups in total. The number of halogens is 6. The van der Waals surface area contributed by atoms with Crippen molar-refractivity contribution >= 4 is 40.9 Å². The van der Waals surface area contributed by atoms with E-state index in [2.05, 4.69) is 10.1 Å². The van der Waals surface area contributed by atoms with Gasteiger partial charge in [-0.1, -0.05) is 44.0 Å². The zero-order chi connectivity index (χ0) is 29.5. The molecule has 8 nitrogen and oxygen atoms in total. The molecule has 0 aromatic carbocycles. The number of carboxylic acid groups (broad SMARTS) is 1. The van der Waals surface area contributed by atoms with E-state index >= 15 is 4.39 Å². The van der Waals surface area contributed by atoms with Crippen LogP contribution in [0.15, 0.2) is 18.6 Å². The molecule has 1 saturated carbocycles. The fourth-order valence-corrected chi connectivity index (χ4v) is 5.29. The lowest BCUT2D eigenvalue weighted by molar-refractivity contribution is -0.154. The van der Waals surface area contributed by atoms with E-state index in [1.165, 1.54) is 19.3 Å². The number of aliphatic carboxylic acids is 1. The van der Waals surface area contributed by atoms with E-state index < -0.39 is 71.1 Å². The van der Waals surface area contributed by atoms with Gasteiger partial charge in [0.2, 0.25) is 0 Å². The van der Waals surface area contributed by atoms with E-state index in [4.69, 9.17) is 23.2 Å². The molecule has 2 aromatic rings. The highest BCUT2D eigenvalue weighted by molar-refractivity contribution is 6.39. The van der Waals surface area contributed by atoms with Crippen LogP contribution in [0.1, 0.15) is 79.4 Å². The standard InChI is InChI=1S/C25H28Cl2F4N4O4/c1-23(2,3)12-34(11-18(36)19-14(26)9-32-10-15(19)27)21(37)13-8-33-35(20(13)25(29,30)31)17-5-6-24(4,22(38)39)7-16(17)28/h8-10,16-17H,5-7,11-12H2,1-4H3,(H,38,39)/t16-,17+,24+/m1/s1. The second-order valence-corrected chi connectivity index (χ2v) is 12.0. The molecule has 3 atom stereocenters. The van der Waals surface area contributed by atoms with Gasteiger partial charge in [-0.3, -0.25) is 24.0 Å². The summed E-state index contributed by atoms with van der Waals surface area (Å²) in [7, 11) is 0. The molecule has 1 fully saturated rings. The zero-order valence-electron chi connectivity index (χ0n) is 21.7. The molecule has 2 aromatic heterocycles. The summed E-state index contributed by atoms with van der Waals surface area (Å²) < 4.78 is 58.6. The van der Waals surface area contributed by atoms with Crippen molar-refractivity contribution in [3.05, 3.63) is 45.5 Å². The van der Waals surface area contributed by atoms with Crippen molar-refractivity contribution in [3.8, 4) is 0 Å². The van der Waals surface area contributed by atoms with Gasteiger partial charge in [-0.15, -0.1) is 0 Å². The Morgan fingerprint density at radius 2 is 1.74 bits per heavy atom. The number of amides is 1. The predicted octanol–water partition coefficient (Wildman–Crippen LogP) is 6.13. The number of ketones is 1. The third-order valence-electron chi connectivity index (χ3n) is 6.60. The van der Waals surface area contributed by atoms with Crippen LogP contribution in [0.2, 0.25) is 10.0 Å². The molecule has 0 bridgehead atoms. The van der Waals surface area contributed by atoms with Crippen LogP contribution in [0, 0.1) is 10.8 Å². The van der Waals surface area contributed by atoms with Crippen LogP contribution in [-0.4, -0.2) is 61.7 Å². The molecule has 0 aliphatic heterocycles. The lowest BCUT2D eigenvalue weighted by Gasteiger charge is -2.37. The summed E-state index contributed by atoms with van der Waals surface area (Å²) in [4.78, 5) is 42.9. The molecule has 0 saturated heterocycles. The molecule has 39 heavy (non-hydrogen) atoms.